The van der Waals surface area contributed by atoms with Crippen LogP contribution in [0.5, 0.6) is 0 Å². The van der Waals surface area contributed by atoms with E-state index in [9.17, 15) is 4.39 Å². The maximum Gasteiger partial charge on any atom is 0.0827 e. The highest BCUT2D eigenvalue weighted by Gasteiger charge is 2.21. The zero-order chi connectivity index (χ0) is 16.3. The molecule has 0 heterocycles. The average molecular weight is 317 g/mol. The van der Waals surface area contributed by atoms with Crippen LogP contribution in [0, 0.1) is 5.92 Å². The number of hydrogen-bond donors (Lipinski definition) is 0. The van der Waals surface area contributed by atoms with Gasteiger partial charge in [0.2, 0.25) is 0 Å². The van der Waals surface area contributed by atoms with Gasteiger partial charge < -0.3 is 0 Å². The third-order valence-electron chi connectivity index (χ3n) is 5.45. The first-order chi connectivity index (χ1) is 11.3. The van der Waals surface area contributed by atoms with Crippen molar-refractivity contribution in [3.63, 3.8) is 0 Å². The van der Waals surface area contributed by atoms with Gasteiger partial charge in [0.25, 0.3) is 0 Å². The summed E-state index contributed by atoms with van der Waals surface area (Å²) < 4.78 is 12.0. The number of unbranched alkanes of at least 4 members (excludes halogenated alkanes) is 3. The van der Waals surface area contributed by atoms with Crippen molar-refractivity contribution in [2.45, 2.75) is 83.5 Å². The highest BCUT2D eigenvalue weighted by Crippen LogP contribution is 2.37. The van der Waals surface area contributed by atoms with Crippen LogP contribution in [0.25, 0.3) is 0 Å². The van der Waals surface area contributed by atoms with E-state index in [1.807, 2.05) is 0 Å². The Labute approximate surface area is 142 Å². The molecule has 1 heteroatoms. The van der Waals surface area contributed by atoms with Crippen LogP contribution in [0.15, 0.2) is 36.7 Å². The van der Waals surface area contributed by atoms with Crippen molar-refractivity contribution in [1.29, 1.82) is 0 Å². The Morgan fingerprint density at radius 3 is 2.39 bits per heavy atom. The van der Waals surface area contributed by atoms with E-state index in [2.05, 4.69) is 31.2 Å². The van der Waals surface area contributed by atoms with Gasteiger partial charge in [-0.2, -0.15) is 0 Å². The molecular formula is C22H33F. The van der Waals surface area contributed by atoms with E-state index in [1.54, 1.807) is 6.08 Å². The van der Waals surface area contributed by atoms with E-state index in [4.69, 9.17) is 0 Å². The highest BCUT2D eigenvalue weighted by molar-refractivity contribution is 5.26. The Kier molecular flexibility index (Phi) is 8.42. The largest absolute Gasteiger partial charge is 0.216 e. The number of benzene rings is 1. The second kappa shape index (κ2) is 10.6. The third-order valence-corrected chi connectivity index (χ3v) is 5.45. The average Bonchev–Trinajstić information content (AvgIpc) is 2.60. The number of aryl methyl sites for hydroxylation is 1. The molecule has 0 unspecified atom stereocenters. The van der Waals surface area contributed by atoms with E-state index in [0.29, 0.717) is 6.33 Å². The molecule has 1 aliphatic rings. The Balaban J connectivity index is 1.73. The van der Waals surface area contributed by atoms with Crippen LogP contribution in [0.1, 0.15) is 88.2 Å². The van der Waals surface area contributed by atoms with Crippen LogP contribution in [-0.4, -0.2) is 0 Å². The fourth-order valence-electron chi connectivity index (χ4n) is 3.89. The molecule has 128 valence electrons. The molecule has 0 nitrogen and oxygen atoms in total. The van der Waals surface area contributed by atoms with E-state index in [-0.39, 0.29) is 0 Å². The van der Waals surface area contributed by atoms with Crippen LogP contribution in [-0.2, 0) is 6.42 Å². The maximum absolute atomic E-state index is 12.0. The Hall–Kier alpha value is -1.11. The first kappa shape index (κ1) is 18.2. The lowest BCUT2D eigenvalue weighted by Crippen LogP contribution is -2.13. The zero-order valence-electron chi connectivity index (χ0n) is 14.8. The molecule has 1 saturated carbocycles. The van der Waals surface area contributed by atoms with Crippen LogP contribution in [0.3, 0.4) is 0 Å². The van der Waals surface area contributed by atoms with Crippen molar-refractivity contribution >= 4 is 0 Å². The second-order valence-electron chi connectivity index (χ2n) is 7.21. The number of hydrogen-bond acceptors (Lipinski definition) is 0. The molecule has 0 aromatic heterocycles. The monoisotopic (exact) mass is 316 g/mol. The Bertz CT molecular complexity index is 438. The number of allylic oxidation sites excluding steroid dienone is 1. The molecule has 1 fully saturated rings. The molecule has 0 saturated heterocycles. The van der Waals surface area contributed by atoms with E-state index in [0.717, 1.165) is 24.7 Å². The molecule has 2 rings (SSSR count). The summed E-state index contributed by atoms with van der Waals surface area (Å²) in [5.74, 6) is 1.55. The number of rotatable bonds is 9. The molecule has 23 heavy (non-hydrogen) atoms. The van der Waals surface area contributed by atoms with Gasteiger partial charge in [0, 0.05) is 0 Å². The van der Waals surface area contributed by atoms with Crippen LogP contribution >= 0.6 is 0 Å². The van der Waals surface area contributed by atoms with Gasteiger partial charge in [0.05, 0.1) is 6.33 Å². The lowest BCUT2D eigenvalue weighted by molar-refractivity contribution is 0.311. The molecule has 0 atom stereocenters. The summed E-state index contributed by atoms with van der Waals surface area (Å²) in [6.45, 7) is 2.27. The van der Waals surface area contributed by atoms with Gasteiger partial charge in [-0.15, -0.1) is 0 Å². The van der Waals surface area contributed by atoms with Gasteiger partial charge in [0.15, 0.2) is 0 Å². The third kappa shape index (κ3) is 6.49. The minimum atomic E-state index is 0.690. The molecule has 1 aromatic carbocycles. The van der Waals surface area contributed by atoms with Crippen molar-refractivity contribution in [2.75, 3.05) is 0 Å². The molecule has 1 aromatic rings. The van der Waals surface area contributed by atoms with Crippen molar-refractivity contribution in [2.24, 2.45) is 5.92 Å². The summed E-state index contributed by atoms with van der Waals surface area (Å²) in [6, 6.07) is 9.43. The summed E-state index contributed by atoms with van der Waals surface area (Å²) in [5, 5.41) is 0. The van der Waals surface area contributed by atoms with Crippen LogP contribution < -0.4 is 0 Å². The quantitative estimate of drug-likeness (QED) is 0.418. The summed E-state index contributed by atoms with van der Waals surface area (Å²) in [4.78, 5) is 0. The first-order valence-electron chi connectivity index (χ1n) is 9.67. The van der Waals surface area contributed by atoms with E-state index >= 15 is 0 Å². The first-order valence-corrected chi connectivity index (χ1v) is 9.67. The molecule has 0 amide bonds. The predicted molar refractivity (Wildman–Crippen MR) is 98.5 cm³/mol. The Morgan fingerprint density at radius 2 is 1.74 bits per heavy atom. The maximum atomic E-state index is 12.0. The Morgan fingerprint density at radius 1 is 1.00 bits per heavy atom. The standard InChI is InChI=1S/C22H33F/c1-2-3-4-5-8-19-10-14-21(15-11-19)22-16-12-20(13-17-22)9-6-7-18-23/h7,10-11,14-15,18,20,22H,2-6,8-9,12-13,16-17H2,1H3. The molecule has 0 radical (unpaired) electrons. The normalized spacial score (nSPS) is 21.8. The van der Waals surface area contributed by atoms with Gasteiger partial charge in [-0.25, -0.2) is 4.39 Å². The predicted octanol–water partition coefficient (Wildman–Crippen LogP) is 7.35. The van der Waals surface area contributed by atoms with Gasteiger partial charge >= 0.3 is 0 Å². The summed E-state index contributed by atoms with van der Waals surface area (Å²) in [6.07, 6.45) is 16.2. The lowest BCUT2D eigenvalue weighted by atomic mass is 9.77. The summed E-state index contributed by atoms with van der Waals surface area (Å²) in [5.41, 5.74) is 3.03. The lowest BCUT2D eigenvalue weighted by Gasteiger charge is -2.28. The zero-order valence-corrected chi connectivity index (χ0v) is 14.8. The number of halogens is 1. The molecule has 0 spiro atoms. The molecular weight excluding hydrogens is 283 g/mol. The molecule has 0 aliphatic heterocycles. The highest BCUT2D eigenvalue weighted by atomic mass is 19.1. The van der Waals surface area contributed by atoms with Crippen LogP contribution in [0.2, 0.25) is 0 Å². The van der Waals surface area contributed by atoms with Crippen molar-refractivity contribution < 1.29 is 4.39 Å². The van der Waals surface area contributed by atoms with E-state index < -0.39 is 0 Å². The van der Waals surface area contributed by atoms with Crippen molar-refractivity contribution in [1.82, 2.24) is 0 Å². The van der Waals surface area contributed by atoms with Gasteiger partial charge in [-0.3, -0.25) is 0 Å². The minimum Gasteiger partial charge on any atom is -0.216 e. The minimum absolute atomic E-state index is 0.690. The van der Waals surface area contributed by atoms with E-state index in [1.165, 1.54) is 68.9 Å². The SMILES string of the molecule is CCCCCCc1ccc(C2CCC(CCC=CF)CC2)cc1. The smallest absolute Gasteiger partial charge is 0.0827 e. The molecule has 0 bridgehead atoms. The second-order valence-corrected chi connectivity index (χ2v) is 7.21. The van der Waals surface area contributed by atoms with Gasteiger partial charge in [0.1, 0.15) is 0 Å². The topological polar surface area (TPSA) is 0 Å². The fourth-order valence-corrected chi connectivity index (χ4v) is 3.89. The molecule has 0 N–H and O–H groups in total. The van der Waals surface area contributed by atoms with Gasteiger partial charge in [-0.05, 0) is 74.3 Å². The summed E-state index contributed by atoms with van der Waals surface area (Å²) >= 11 is 0. The van der Waals surface area contributed by atoms with Crippen molar-refractivity contribution in [3.8, 4) is 0 Å². The van der Waals surface area contributed by atoms with Gasteiger partial charge in [-0.1, -0.05) is 56.5 Å². The molecule has 1 aliphatic carbocycles. The van der Waals surface area contributed by atoms with Crippen molar-refractivity contribution in [3.05, 3.63) is 47.8 Å². The summed E-state index contributed by atoms with van der Waals surface area (Å²) in [7, 11) is 0. The van der Waals surface area contributed by atoms with Crippen LogP contribution in [0.4, 0.5) is 4.39 Å². The fraction of sp³-hybridized carbons (Fsp3) is 0.636.